The van der Waals surface area contributed by atoms with Gasteiger partial charge in [-0.1, -0.05) is 99.2 Å². The van der Waals surface area contributed by atoms with Crippen molar-refractivity contribution in [2.45, 2.75) is 100 Å². The summed E-state index contributed by atoms with van der Waals surface area (Å²) < 4.78 is 0. The molecule has 2 aromatic carbocycles. The summed E-state index contributed by atoms with van der Waals surface area (Å²) in [4.78, 5) is 26.4. The number of hydrogen-bond donors (Lipinski definition) is 4. The molecule has 0 bridgehead atoms. The van der Waals surface area contributed by atoms with Gasteiger partial charge in [0, 0.05) is 0 Å². The molecule has 0 radical (unpaired) electrons. The molecule has 36 heavy (non-hydrogen) atoms. The first-order valence-electron chi connectivity index (χ1n) is 13.5. The van der Waals surface area contributed by atoms with E-state index in [1.54, 1.807) is 0 Å². The van der Waals surface area contributed by atoms with E-state index in [2.05, 4.69) is 10.6 Å². The molecule has 6 heteroatoms. The van der Waals surface area contributed by atoms with E-state index in [-0.39, 0.29) is 0 Å². The number of rotatable bonds is 8. The van der Waals surface area contributed by atoms with Gasteiger partial charge in [0.25, 0.3) is 0 Å². The molecule has 0 aliphatic heterocycles. The van der Waals surface area contributed by atoms with Gasteiger partial charge in [-0.2, -0.15) is 0 Å². The monoisotopic (exact) mass is 492 g/mol. The van der Waals surface area contributed by atoms with Crippen LogP contribution in [0.2, 0.25) is 0 Å². The third kappa shape index (κ3) is 6.74. The molecule has 0 unspecified atom stereocenters. The average molecular weight is 493 g/mol. The predicted octanol–water partition coefficient (Wildman–Crippen LogP) is 3.83. The number of benzene rings is 2. The molecule has 0 saturated heterocycles. The maximum atomic E-state index is 13.2. The third-order valence-corrected chi connectivity index (χ3v) is 8.12. The van der Waals surface area contributed by atoms with E-state index in [1.165, 1.54) is 0 Å². The Morgan fingerprint density at radius 2 is 0.944 bits per heavy atom. The number of amides is 2. The maximum absolute atomic E-state index is 13.2. The fraction of sp³-hybridized carbons (Fsp3) is 0.533. The largest absolute Gasteiger partial charge is 0.388 e. The summed E-state index contributed by atoms with van der Waals surface area (Å²) in [6, 6.07) is 18.4. The van der Waals surface area contributed by atoms with Crippen LogP contribution in [0.3, 0.4) is 0 Å². The lowest BCUT2D eigenvalue weighted by Crippen LogP contribution is -2.60. The summed E-state index contributed by atoms with van der Waals surface area (Å²) >= 11 is 0. The fourth-order valence-corrected chi connectivity index (χ4v) is 5.92. The summed E-state index contributed by atoms with van der Waals surface area (Å²) in [5, 5.41) is 28.7. The normalized spacial score (nSPS) is 20.6. The Morgan fingerprint density at radius 3 is 1.28 bits per heavy atom. The summed E-state index contributed by atoms with van der Waals surface area (Å²) in [7, 11) is 0. The van der Waals surface area contributed by atoms with E-state index in [0.29, 0.717) is 38.5 Å². The average Bonchev–Trinajstić information content (AvgIpc) is 2.90. The van der Waals surface area contributed by atoms with E-state index in [4.69, 9.17) is 0 Å². The van der Waals surface area contributed by atoms with Gasteiger partial charge in [-0.15, -0.1) is 0 Å². The van der Waals surface area contributed by atoms with Crippen LogP contribution in [0, 0.1) is 0 Å². The first kappa shape index (κ1) is 26.4. The Morgan fingerprint density at radius 1 is 0.611 bits per heavy atom. The standard InChI is InChI=1S/C30H40N2O4/c33-27(31-25(21-23-13-5-1-6-14-23)29(35)17-9-3-10-18-29)28(34)32-26(22-24-15-7-2-8-16-24)30(36)19-11-4-12-20-30/h1-2,5-8,13-16,25-26,35-36H,3-4,9-12,17-22H2,(H,31,33)(H,32,34)/t25-,26-/m1/s1. The molecule has 4 N–H and O–H groups in total. The smallest absolute Gasteiger partial charge is 0.309 e. The number of aliphatic hydroxyl groups is 2. The van der Waals surface area contributed by atoms with E-state index < -0.39 is 35.1 Å². The number of hydrogen-bond acceptors (Lipinski definition) is 4. The van der Waals surface area contributed by atoms with Gasteiger partial charge in [0.2, 0.25) is 0 Å². The molecule has 2 saturated carbocycles. The predicted molar refractivity (Wildman–Crippen MR) is 140 cm³/mol. The van der Waals surface area contributed by atoms with Crippen LogP contribution < -0.4 is 10.6 Å². The van der Waals surface area contributed by atoms with Crippen LogP contribution in [0.25, 0.3) is 0 Å². The van der Waals surface area contributed by atoms with E-state index in [9.17, 15) is 19.8 Å². The van der Waals surface area contributed by atoms with Crippen molar-refractivity contribution in [1.82, 2.24) is 10.6 Å². The Hall–Kier alpha value is -2.70. The highest BCUT2D eigenvalue weighted by Crippen LogP contribution is 2.34. The van der Waals surface area contributed by atoms with Crippen molar-refractivity contribution in [2.75, 3.05) is 0 Å². The Kier molecular flexibility index (Phi) is 8.81. The topological polar surface area (TPSA) is 98.7 Å². The van der Waals surface area contributed by atoms with Crippen molar-refractivity contribution < 1.29 is 19.8 Å². The first-order valence-corrected chi connectivity index (χ1v) is 13.5. The van der Waals surface area contributed by atoms with E-state index >= 15 is 0 Å². The van der Waals surface area contributed by atoms with Gasteiger partial charge in [0.15, 0.2) is 0 Å². The van der Waals surface area contributed by atoms with Crippen molar-refractivity contribution in [1.29, 1.82) is 0 Å². The molecule has 4 rings (SSSR count). The number of nitrogens with one attached hydrogen (secondary N) is 2. The third-order valence-electron chi connectivity index (χ3n) is 8.12. The van der Waals surface area contributed by atoms with Crippen molar-refractivity contribution in [3.05, 3.63) is 71.8 Å². The Bertz CT molecular complexity index is 901. The molecular weight excluding hydrogens is 452 g/mol. The molecular formula is C30H40N2O4. The highest BCUT2D eigenvalue weighted by Gasteiger charge is 2.42. The summed E-state index contributed by atoms with van der Waals surface area (Å²) in [5.41, 5.74) is -0.0919. The zero-order chi connectivity index (χ0) is 25.4. The maximum Gasteiger partial charge on any atom is 0.309 e. The van der Waals surface area contributed by atoms with Gasteiger partial charge in [-0.25, -0.2) is 0 Å². The molecule has 6 nitrogen and oxygen atoms in total. The van der Waals surface area contributed by atoms with Crippen LogP contribution in [-0.2, 0) is 22.4 Å². The van der Waals surface area contributed by atoms with E-state index in [0.717, 1.165) is 49.7 Å². The summed E-state index contributed by atoms with van der Waals surface area (Å²) in [5.74, 6) is -1.51. The minimum Gasteiger partial charge on any atom is -0.388 e. The second kappa shape index (κ2) is 12.0. The molecule has 2 aliphatic rings. The highest BCUT2D eigenvalue weighted by atomic mass is 16.3. The van der Waals surface area contributed by atoms with Gasteiger partial charge in [-0.05, 0) is 49.7 Å². The van der Waals surface area contributed by atoms with Crippen LogP contribution in [0.1, 0.15) is 75.3 Å². The molecule has 2 atom stereocenters. The van der Waals surface area contributed by atoms with E-state index in [1.807, 2.05) is 60.7 Å². The van der Waals surface area contributed by atoms with Gasteiger partial charge in [0.05, 0.1) is 23.3 Å². The number of carbonyl (C=O) groups excluding carboxylic acids is 2. The first-order chi connectivity index (χ1) is 17.4. The zero-order valence-corrected chi connectivity index (χ0v) is 21.1. The van der Waals surface area contributed by atoms with Crippen molar-refractivity contribution in [2.24, 2.45) is 0 Å². The summed E-state index contributed by atoms with van der Waals surface area (Å²) in [6.45, 7) is 0. The minimum absolute atomic E-state index is 0.452. The van der Waals surface area contributed by atoms with Gasteiger partial charge >= 0.3 is 11.8 Å². The van der Waals surface area contributed by atoms with Crippen molar-refractivity contribution >= 4 is 11.8 Å². The SMILES string of the molecule is O=C(N[C@H](Cc1ccccc1)C1(O)CCCCC1)C(=O)N[C@H](Cc1ccccc1)C1(O)CCCCC1. The number of carbonyl (C=O) groups is 2. The van der Waals surface area contributed by atoms with Gasteiger partial charge in [0.1, 0.15) is 0 Å². The molecule has 194 valence electrons. The van der Waals surface area contributed by atoms with Crippen LogP contribution in [0.15, 0.2) is 60.7 Å². The molecule has 0 spiro atoms. The van der Waals surface area contributed by atoms with Crippen LogP contribution in [0.5, 0.6) is 0 Å². The van der Waals surface area contributed by atoms with Crippen molar-refractivity contribution in [3.8, 4) is 0 Å². The second-order valence-corrected chi connectivity index (χ2v) is 10.8. The quantitative estimate of drug-likeness (QED) is 0.421. The van der Waals surface area contributed by atoms with Gasteiger partial charge in [-0.3, -0.25) is 9.59 Å². The van der Waals surface area contributed by atoms with Crippen molar-refractivity contribution in [3.63, 3.8) is 0 Å². The van der Waals surface area contributed by atoms with Gasteiger partial charge < -0.3 is 20.8 Å². The zero-order valence-electron chi connectivity index (χ0n) is 21.1. The molecule has 2 aliphatic carbocycles. The lowest BCUT2D eigenvalue weighted by molar-refractivity contribution is -0.143. The second-order valence-electron chi connectivity index (χ2n) is 10.8. The Labute approximate surface area is 214 Å². The minimum atomic E-state index is -1.05. The highest BCUT2D eigenvalue weighted by molar-refractivity contribution is 6.35. The lowest BCUT2D eigenvalue weighted by Gasteiger charge is -2.41. The molecule has 2 aromatic rings. The Balaban J connectivity index is 1.49. The lowest BCUT2D eigenvalue weighted by atomic mass is 9.77. The molecule has 2 fully saturated rings. The molecule has 0 aromatic heterocycles. The van der Waals surface area contributed by atoms with Crippen LogP contribution >= 0.6 is 0 Å². The van der Waals surface area contributed by atoms with Crippen LogP contribution in [0.4, 0.5) is 0 Å². The molecule has 0 heterocycles. The molecule has 2 amide bonds. The summed E-state index contributed by atoms with van der Waals surface area (Å²) in [6.07, 6.45) is 9.03. The fourth-order valence-electron chi connectivity index (χ4n) is 5.92. The van der Waals surface area contributed by atoms with Crippen LogP contribution in [-0.4, -0.2) is 45.3 Å².